The molecule has 1 saturated heterocycles. The van der Waals surface area contributed by atoms with E-state index < -0.39 is 0 Å². The number of aryl methyl sites for hydroxylation is 1. The molecule has 1 aromatic heterocycles. The van der Waals surface area contributed by atoms with Crippen molar-refractivity contribution in [2.24, 2.45) is 5.92 Å². The van der Waals surface area contributed by atoms with Crippen LogP contribution in [0.1, 0.15) is 40.7 Å². The molecule has 1 aromatic carbocycles. The second kappa shape index (κ2) is 7.97. The van der Waals surface area contributed by atoms with Crippen LogP contribution in [0.5, 0.6) is 5.75 Å². The molecule has 2 aromatic rings. The number of methoxy groups -OCH3 is 1. The van der Waals surface area contributed by atoms with Gasteiger partial charge in [-0.1, -0.05) is 6.92 Å². The molecule has 0 unspecified atom stereocenters. The molecular weight excluding hydrogens is 334 g/mol. The number of ether oxygens (including phenoxy) is 1. The van der Waals surface area contributed by atoms with Crippen LogP contribution in [-0.4, -0.2) is 36.0 Å². The fourth-order valence-electron chi connectivity index (χ4n) is 2.96. The van der Waals surface area contributed by atoms with Crippen molar-refractivity contribution in [2.45, 2.75) is 33.2 Å². The lowest BCUT2D eigenvalue weighted by Crippen LogP contribution is -2.32. The van der Waals surface area contributed by atoms with E-state index in [4.69, 9.17) is 4.74 Å². The Labute approximate surface area is 153 Å². The zero-order valence-electron chi connectivity index (χ0n) is 15.0. The topological polar surface area (TPSA) is 54.5 Å². The normalized spacial score (nSPS) is 16.0. The van der Waals surface area contributed by atoms with Crippen molar-refractivity contribution >= 4 is 22.4 Å². The Kier molecular flexibility index (Phi) is 5.71. The number of nitrogens with zero attached hydrogens (tertiary/aromatic N) is 2. The predicted molar refractivity (Wildman–Crippen MR) is 101 cm³/mol. The Morgan fingerprint density at radius 3 is 2.64 bits per heavy atom. The summed E-state index contributed by atoms with van der Waals surface area (Å²) in [7, 11) is 1.61. The van der Waals surface area contributed by atoms with Gasteiger partial charge in [0.25, 0.3) is 5.91 Å². The van der Waals surface area contributed by atoms with Gasteiger partial charge in [0.15, 0.2) is 5.13 Å². The molecule has 2 heterocycles. The van der Waals surface area contributed by atoms with E-state index in [2.05, 4.69) is 22.1 Å². The summed E-state index contributed by atoms with van der Waals surface area (Å²) in [5, 5.41) is 3.58. The first-order valence-corrected chi connectivity index (χ1v) is 9.51. The number of rotatable bonds is 5. The molecule has 0 spiro atoms. The molecule has 6 heteroatoms. The Morgan fingerprint density at radius 1 is 1.32 bits per heavy atom. The van der Waals surface area contributed by atoms with E-state index in [1.807, 2.05) is 6.92 Å². The first-order valence-electron chi connectivity index (χ1n) is 8.69. The van der Waals surface area contributed by atoms with Gasteiger partial charge in [-0.15, -0.1) is 11.3 Å². The maximum Gasteiger partial charge on any atom is 0.257 e. The van der Waals surface area contributed by atoms with Crippen LogP contribution in [0.15, 0.2) is 24.3 Å². The van der Waals surface area contributed by atoms with Gasteiger partial charge >= 0.3 is 0 Å². The van der Waals surface area contributed by atoms with E-state index in [0.717, 1.165) is 37.0 Å². The lowest BCUT2D eigenvalue weighted by atomic mass is 9.99. The number of carbonyl (C=O) groups excluding carboxylic acids is 1. The summed E-state index contributed by atoms with van der Waals surface area (Å²) in [5.74, 6) is 1.42. The number of hydrogen-bond donors (Lipinski definition) is 1. The highest BCUT2D eigenvalue weighted by Crippen LogP contribution is 2.26. The van der Waals surface area contributed by atoms with Crippen LogP contribution >= 0.6 is 11.3 Å². The lowest BCUT2D eigenvalue weighted by molar-refractivity contribution is 0.102. The monoisotopic (exact) mass is 359 g/mol. The summed E-state index contributed by atoms with van der Waals surface area (Å²) in [6.45, 7) is 7.55. The summed E-state index contributed by atoms with van der Waals surface area (Å²) in [6, 6.07) is 7.07. The molecule has 0 radical (unpaired) electrons. The van der Waals surface area contributed by atoms with Crippen LogP contribution in [0.3, 0.4) is 0 Å². The Bertz CT molecular complexity index is 719. The number of anilines is 1. The molecule has 1 amide bonds. The number of aromatic nitrogens is 1. The molecule has 1 aliphatic heterocycles. The van der Waals surface area contributed by atoms with Gasteiger partial charge in [0, 0.05) is 17.0 Å². The minimum absolute atomic E-state index is 0.144. The van der Waals surface area contributed by atoms with Crippen LogP contribution in [0.25, 0.3) is 0 Å². The summed E-state index contributed by atoms with van der Waals surface area (Å²) >= 11 is 1.58. The van der Waals surface area contributed by atoms with Gasteiger partial charge in [-0.2, -0.15) is 0 Å². The second-order valence-corrected chi connectivity index (χ2v) is 7.75. The number of nitrogens with one attached hydrogen (secondary N) is 1. The van der Waals surface area contributed by atoms with Gasteiger partial charge in [-0.05, 0) is 63.0 Å². The highest BCUT2D eigenvalue weighted by atomic mass is 32.1. The SMILES string of the molecule is COc1ccc(C(=O)Nc2nc(C)c(CN3CCC(C)CC3)s2)cc1. The highest BCUT2D eigenvalue weighted by molar-refractivity contribution is 7.15. The van der Waals surface area contributed by atoms with Crippen LogP contribution in [-0.2, 0) is 6.54 Å². The largest absolute Gasteiger partial charge is 0.497 e. The number of piperidine rings is 1. The van der Waals surface area contributed by atoms with Gasteiger partial charge < -0.3 is 4.74 Å². The lowest BCUT2D eigenvalue weighted by Gasteiger charge is -2.29. The van der Waals surface area contributed by atoms with E-state index in [1.54, 1.807) is 42.7 Å². The van der Waals surface area contributed by atoms with Crippen molar-refractivity contribution in [3.63, 3.8) is 0 Å². The molecule has 1 fully saturated rings. The van der Waals surface area contributed by atoms with Gasteiger partial charge in [-0.25, -0.2) is 4.98 Å². The second-order valence-electron chi connectivity index (χ2n) is 6.67. The van der Waals surface area contributed by atoms with Crippen molar-refractivity contribution in [3.05, 3.63) is 40.4 Å². The Balaban J connectivity index is 1.62. The number of carbonyl (C=O) groups is 1. The van der Waals surface area contributed by atoms with Crippen molar-refractivity contribution in [1.29, 1.82) is 0 Å². The van der Waals surface area contributed by atoms with Crippen LogP contribution in [0.4, 0.5) is 5.13 Å². The maximum atomic E-state index is 12.4. The standard InChI is InChI=1S/C19H25N3O2S/c1-13-8-10-22(11-9-13)12-17-14(2)20-19(25-17)21-18(23)15-4-6-16(24-3)7-5-15/h4-7,13H,8-12H2,1-3H3,(H,20,21,23). The van der Waals surface area contributed by atoms with E-state index in [1.165, 1.54) is 17.7 Å². The molecule has 5 nitrogen and oxygen atoms in total. The van der Waals surface area contributed by atoms with Crippen LogP contribution in [0.2, 0.25) is 0 Å². The van der Waals surface area contributed by atoms with Crippen LogP contribution in [0, 0.1) is 12.8 Å². The number of hydrogen-bond acceptors (Lipinski definition) is 5. The summed E-state index contributed by atoms with van der Waals surface area (Å²) in [4.78, 5) is 20.6. The zero-order chi connectivity index (χ0) is 17.8. The Morgan fingerprint density at radius 2 is 2.00 bits per heavy atom. The number of likely N-dealkylation sites (tertiary alicyclic amines) is 1. The third-order valence-electron chi connectivity index (χ3n) is 4.71. The molecule has 25 heavy (non-hydrogen) atoms. The van der Waals surface area contributed by atoms with Crippen molar-refractivity contribution in [1.82, 2.24) is 9.88 Å². The first kappa shape index (κ1) is 17.9. The van der Waals surface area contributed by atoms with E-state index in [9.17, 15) is 4.79 Å². The van der Waals surface area contributed by atoms with E-state index >= 15 is 0 Å². The molecule has 1 aliphatic rings. The van der Waals surface area contributed by atoms with Crippen LogP contribution < -0.4 is 10.1 Å². The molecule has 0 aliphatic carbocycles. The number of benzene rings is 1. The van der Waals surface area contributed by atoms with Crippen molar-refractivity contribution in [3.8, 4) is 5.75 Å². The smallest absolute Gasteiger partial charge is 0.257 e. The minimum atomic E-state index is -0.144. The van der Waals surface area contributed by atoms with Crippen molar-refractivity contribution in [2.75, 3.05) is 25.5 Å². The molecule has 0 saturated carbocycles. The number of amides is 1. The molecule has 0 atom stereocenters. The van der Waals surface area contributed by atoms with E-state index in [-0.39, 0.29) is 5.91 Å². The number of thiazole rings is 1. The fourth-order valence-corrected chi connectivity index (χ4v) is 3.96. The summed E-state index contributed by atoms with van der Waals surface area (Å²) in [5.41, 5.74) is 1.61. The van der Waals surface area contributed by atoms with Gasteiger partial charge in [0.2, 0.25) is 0 Å². The molecule has 134 valence electrons. The van der Waals surface area contributed by atoms with Gasteiger partial charge in [-0.3, -0.25) is 15.0 Å². The average Bonchev–Trinajstić information content (AvgIpc) is 2.96. The molecule has 0 bridgehead atoms. The third kappa shape index (κ3) is 4.58. The fraction of sp³-hybridized carbons (Fsp3) is 0.474. The zero-order valence-corrected chi connectivity index (χ0v) is 15.9. The molecule has 1 N–H and O–H groups in total. The third-order valence-corrected chi connectivity index (χ3v) is 5.77. The minimum Gasteiger partial charge on any atom is -0.497 e. The van der Waals surface area contributed by atoms with Gasteiger partial charge in [0.1, 0.15) is 5.75 Å². The van der Waals surface area contributed by atoms with Gasteiger partial charge in [0.05, 0.1) is 12.8 Å². The maximum absolute atomic E-state index is 12.4. The first-order chi connectivity index (χ1) is 12.0. The highest BCUT2D eigenvalue weighted by Gasteiger charge is 2.18. The quantitative estimate of drug-likeness (QED) is 0.878. The average molecular weight is 359 g/mol. The molecule has 3 rings (SSSR count). The van der Waals surface area contributed by atoms with E-state index in [0.29, 0.717) is 10.7 Å². The summed E-state index contributed by atoms with van der Waals surface area (Å²) < 4.78 is 5.12. The van der Waals surface area contributed by atoms with Crippen molar-refractivity contribution < 1.29 is 9.53 Å². The summed E-state index contributed by atoms with van der Waals surface area (Å²) in [6.07, 6.45) is 2.53. The predicted octanol–water partition coefficient (Wildman–Crippen LogP) is 3.94. The Hall–Kier alpha value is -1.92. The molecular formula is C19H25N3O2S.